The first-order valence-corrected chi connectivity index (χ1v) is 6.79. The molecule has 106 valence electrons. The van der Waals surface area contributed by atoms with Gasteiger partial charge in [0.15, 0.2) is 0 Å². The van der Waals surface area contributed by atoms with Crippen LogP contribution in [-0.4, -0.2) is 23.5 Å². The number of pyridine rings is 1. The maximum absolute atomic E-state index is 13.2. The predicted molar refractivity (Wildman–Crippen MR) is 80.0 cm³/mol. The van der Waals surface area contributed by atoms with Gasteiger partial charge >= 0.3 is 0 Å². The van der Waals surface area contributed by atoms with Crippen LogP contribution in [0.25, 0.3) is 0 Å². The highest BCUT2D eigenvalue weighted by Gasteiger charge is 2.07. The van der Waals surface area contributed by atoms with E-state index in [1.54, 1.807) is 18.3 Å². The van der Waals surface area contributed by atoms with Gasteiger partial charge in [-0.3, -0.25) is 4.90 Å². The first-order chi connectivity index (χ1) is 9.69. The lowest BCUT2D eigenvalue weighted by molar-refractivity contribution is 0.318. The lowest BCUT2D eigenvalue weighted by Gasteiger charge is -2.18. The van der Waals surface area contributed by atoms with Crippen LogP contribution in [-0.2, 0) is 13.1 Å². The molecule has 1 N–H and O–H groups in total. The quantitative estimate of drug-likeness (QED) is 0.875. The van der Waals surface area contributed by atoms with Gasteiger partial charge in [0.25, 0.3) is 0 Å². The van der Waals surface area contributed by atoms with E-state index < -0.39 is 0 Å². The molecular formula is C16H20FN3. The summed E-state index contributed by atoms with van der Waals surface area (Å²) in [5.74, 6) is 0.728. The molecule has 2 rings (SSSR count). The third-order valence-electron chi connectivity index (χ3n) is 3.02. The van der Waals surface area contributed by atoms with E-state index in [-0.39, 0.29) is 5.82 Å². The molecule has 20 heavy (non-hydrogen) atoms. The molecule has 0 aliphatic rings. The molecule has 0 amide bonds. The molecular weight excluding hydrogens is 253 g/mol. The maximum atomic E-state index is 13.2. The molecule has 0 saturated heterocycles. The van der Waals surface area contributed by atoms with Crippen LogP contribution in [0.4, 0.5) is 10.2 Å². The largest absolute Gasteiger partial charge is 0.370 e. The molecule has 3 nitrogen and oxygen atoms in total. The van der Waals surface area contributed by atoms with Gasteiger partial charge in [-0.15, -0.1) is 0 Å². The van der Waals surface area contributed by atoms with Gasteiger partial charge in [-0.25, -0.2) is 9.37 Å². The molecule has 1 aromatic heterocycles. The standard InChI is InChI=1S/C16H20FN3/c1-3-18-16-14(7-5-9-19-16)12-20(2)11-13-6-4-8-15(17)10-13/h4-10H,3,11-12H2,1-2H3,(H,18,19). The molecule has 2 aromatic rings. The molecule has 0 fully saturated rings. The van der Waals surface area contributed by atoms with Crippen molar-refractivity contribution in [3.63, 3.8) is 0 Å². The Morgan fingerprint density at radius 3 is 2.80 bits per heavy atom. The molecule has 1 heterocycles. The SMILES string of the molecule is CCNc1ncccc1CN(C)Cc1cccc(F)c1. The van der Waals surface area contributed by atoms with E-state index in [0.29, 0.717) is 6.54 Å². The highest BCUT2D eigenvalue weighted by atomic mass is 19.1. The average molecular weight is 273 g/mol. The third-order valence-corrected chi connectivity index (χ3v) is 3.02. The Labute approximate surface area is 119 Å². The average Bonchev–Trinajstić information content (AvgIpc) is 2.41. The van der Waals surface area contributed by atoms with E-state index in [2.05, 4.69) is 28.2 Å². The molecule has 1 aromatic carbocycles. The van der Waals surface area contributed by atoms with E-state index >= 15 is 0 Å². The zero-order valence-corrected chi connectivity index (χ0v) is 11.9. The van der Waals surface area contributed by atoms with Crippen LogP contribution in [0.5, 0.6) is 0 Å². The van der Waals surface area contributed by atoms with Crippen molar-refractivity contribution in [1.29, 1.82) is 0 Å². The second-order valence-electron chi connectivity index (χ2n) is 4.84. The first kappa shape index (κ1) is 14.5. The molecule has 0 atom stereocenters. The Morgan fingerprint density at radius 2 is 2.05 bits per heavy atom. The number of benzene rings is 1. The molecule has 0 spiro atoms. The number of halogens is 1. The minimum Gasteiger partial charge on any atom is -0.370 e. The predicted octanol–water partition coefficient (Wildman–Crippen LogP) is 3.28. The van der Waals surface area contributed by atoms with E-state index in [1.807, 2.05) is 19.2 Å². The third kappa shape index (κ3) is 4.03. The highest BCUT2D eigenvalue weighted by Crippen LogP contribution is 2.15. The van der Waals surface area contributed by atoms with Gasteiger partial charge < -0.3 is 5.32 Å². The molecule has 0 bridgehead atoms. The van der Waals surface area contributed by atoms with Crippen LogP contribution in [0, 0.1) is 5.82 Å². The van der Waals surface area contributed by atoms with Crippen molar-refractivity contribution in [1.82, 2.24) is 9.88 Å². The van der Waals surface area contributed by atoms with Crippen LogP contribution in [0.2, 0.25) is 0 Å². The summed E-state index contributed by atoms with van der Waals surface area (Å²) < 4.78 is 13.2. The number of rotatable bonds is 6. The van der Waals surface area contributed by atoms with Crippen molar-refractivity contribution < 1.29 is 4.39 Å². The Bertz CT molecular complexity index is 557. The summed E-state index contributed by atoms with van der Waals surface area (Å²) >= 11 is 0. The van der Waals surface area contributed by atoms with Crippen LogP contribution >= 0.6 is 0 Å². The van der Waals surface area contributed by atoms with Crippen molar-refractivity contribution in [2.45, 2.75) is 20.0 Å². The Morgan fingerprint density at radius 1 is 1.20 bits per heavy atom. The summed E-state index contributed by atoms with van der Waals surface area (Å²) in [6, 6.07) is 10.7. The number of nitrogens with zero attached hydrogens (tertiary/aromatic N) is 2. The normalized spacial score (nSPS) is 10.8. The zero-order valence-electron chi connectivity index (χ0n) is 11.9. The lowest BCUT2D eigenvalue weighted by Crippen LogP contribution is -2.18. The fraction of sp³-hybridized carbons (Fsp3) is 0.312. The number of hydrogen-bond acceptors (Lipinski definition) is 3. The number of anilines is 1. The Hall–Kier alpha value is -1.94. The van der Waals surface area contributed by atoms with E-state index in [0.717, 1.165) is 30.0 Å². The molecule has 4 heteroatoms. The van der Waals surface area contributed by atoms with Gasteiger partial charge in [-0.05, 0) is 37.7 Å². The summed E-state index contributed by atoms with van der Waals surface area (Å²) in [4.78, 5) is 6.49. The Kier molecular flexibility index (Phi) is 5.07. The second kappa shape index (κ2) is 7.01. The van der Waals surface area contributed by atoms with E-state index in [9.17, 15) is 4.39 Å². The summed E-state index contributed by atoms with van der Waals surface area (Å²) in [5, 5.41) is 3.26. The topological polar surface area (TPSA) is 28.2 Å². The lowest BCUT2D eigenvalue weighted by atomic mass is 10.2. The van der Waals surface area contributed by atoms with Gasteiger partial charge in [0.05, 0.1) is 0 Å². The second-order valence-corrected chi connectivity index (χ2v) is 4.84. The maximum Gasteiger partial charge on any atom is 0.130 e. The van der Waals surface area contributed by atoms with Crippen LogP contribution in [0.1, 0.15) is 18.1 Å². The summed E-state index contributed by atoms with van der Waals surface area (Å²) in [6.07, 6.45) is 1.79. The fourth-order valence-corrected chi connectivity index (χ4v) is 2.19. The van der Waals surface area contributed by atoms with Crippen molar-refractivity contribution in [3.8, 4) is 0 Å². The summed E-state index contributed by atoms with van der Waals surface area (Å²) in [6.45, 7) is 4.37. The van der Waals surface area contributed by atoms with Gasteiger partial charge in [0, 0.05) is 31.4 Å². The fourth-order valence-electron chi connectivity index (χ4n) is 2.19. The monoisotopic (exact) mass is 273 g/mol. The van der Waals surface area contributed by atoms with Gasteiger partial charge in [0.1, 0.15) is 11.6 Å². The molecule has 0 saturated carbocycles. The summed E-state index contributed by atoms with van der Waals surface area (Å²) in [5.41, 5.74) is 2.12. The smallest absolute Gasteiger partial charge is 0.130 e. The zero-order chi connectivity index (χ0) is 14.4. The summed E-state index contributed by atoms with van der Waals surface area (Å²) in [7, 11) is 2.02. The minimum absolute atomic E-state index is 0.189. The number of hydrogen-bond donors (Lipinski definition) is 1. The van der Waals surface area contributed by atoms with Gasteiger partial charge in [-0.2, -0.15) is 0 Å². The van der Waals surface area contributed by atoms with Crippen LogP contribution in [0.15, 0.2) is 42.6 Å². The van der Waals surface area contributed by atoms with E-state index in [4.69, 9.17) is 0 Å². The van der Waals surface area contributed by atoms with Gasteiger partial charge in [-0.1, -0.05) is 18.2 Å². The van der Waals surface area contributed by atoms with Crippen molar-refractivity contribution >= 4 is 5.82 Å². The van der Waals surface area contributed by atoms with Crippen LogP contribution < -0.4 is 5.32 Å². The Balaban J connectivity index is 2.02. The molecule has 0 radical (unpaired) electrons. The first-order valence-electron chi connectivity index (χ1n) is 6.79. The molecule has 0 unspecified atom stereocenters. The van der Waals surface area contributed by atoms with Crippen molar-refractivity contribution in [2.75, 3.05) is 18.9 Å². The van der Waals surface area contributed by atoms with E-state index in [1.165, 1.54) is 6.07 Å². The number of nitrogens with one attached hydrogen (secondary N) is 1. The van der Waals surface area contributed by atoms with Crippen molar-refractivity contribution in [3.05, 3.63) is 59.5 Å². The number of aromatic nitrogens is 1. The van der Waals surface area contributed by atoms with Gasteiger partial charge in [0.2, 0.25) is 0 Å². The molecule has 0 aliphatic carbocycles. The highest BCUT2D eigenvalue weighted by molar-refractivity contribution is 5.43. The van der Waals surface area contributed by atoms with Crippen LogP contribution in [0.3, 0.4) is 0 Å². The van der Waals surface area contributed by atoms with Crippen molar-refractivity contribution in [2.24, 2.45) is 0 Å². The minimum atomic E-state index is -0.189. The molecule has 0 aliphatic heterocycles.